The van der Waals surface area contributed by atoms with Crippen molar-refractivity contribution in [1.82, 2.24) is 15.0 Å². The van der Waals surface area contributed by atoms with Crippen LogP contribution in [0.3, 0.4) is 0 Å². The van der Waals surface area contributed by atoms with Crippen LogP contribution < -0.4 is 15.2 Å². The Bertz CT molecular complexity index is 691. The second-order valence-corrected chi connectivity index (χ2v) is 9.39. The predicted octanol–water partition coefficient (Wildman–Crippen LogP) is 2.55. The number of nitrogens with one attached hydrogen (secondary N) is 1. The summed E-state index contributed by atoms with van der Waals surface area (Å²) in [6, 6.07) is 0. The van der Waals surface area contributed by atoms with Gasteiger partial charge in [0.1, 0.15) is 0 Å². The first-order chi connectivity index (χ1) is 14.5. The molecule has 1 saturated carbocycles. The molecule has 1 N–H and O–H groups in total. The van der Waals surface area contributed by atoms with Crippen molar-refractivity contribution in [3.63, 3.8) is 0 Å². The molecule has 0 aromatic carbocycles. The van der Waals surface area contributed by atoms with Crippen molar-refractivity contribution >= 4 is 23.6 Å². The summed E-state index contributed by atoms with van der Waals surface area (Å²) in [5.41, 5.74) is 4.71. The second kappa shape index (κ2) is 9.43. The summed E-state index contributed by atoms with van der Waals surface area (Å²) in [6.07, 6.45) is 4.46. The third-order valence-electron chi connectivity index (χ3n) is 6.30. The van der Waals surface area contributed by atoms with Crippen LogP contribution in [0.4, 0.5) is 17.8 Å². The summed E-state index contributed by atoms with van der Waals surface area (Å²) in [4.78, 5) is 18.4. The van der Waals surface area contributed by atoms with Gasteiger partial charge in [0, 0.05) is 31.9 Å². The Balaban J connectivity index is 1.48. The maximum atomic E-state index is 5.48. The molecule has 3 fully saturated rings. The van der Waals surface area contributed by atoms with Gasteiger partial charge in [-0.2, -0.15) is 20.1 Å². The van der Waals surface area contributed by atoms with Crippen LogP contribution >= 0.6 is 0 Å². The first kappa shape index (κ1) is 21.2. The molecule has 3 aliphatic rings. The van der Waals surface area contributed by atoms with E-state index in [9.17, 15) is 0 Å². The van der Waals surface area contributed by atoms with E-state index >= 15 is 0 Å². The number of morpholine rings is 2. The predicted molar refractivity (Wildman–Crippen MR) is 118 cm³/mol. The van der Waals surface area contributed by atoms with Gasteiger partial charge in [0.05, 0.1) is 26.4 Å². The molecule has 0 unspecified atom stereocenters. The van der Waals surface area contributed by atoms with Crippen LogP contribution in [0.15, 0.2) is 5.10 Å². The van der Waals surface area contributed by atoms with Gasteiger partial charge in [-0.1, -0.05) is 20.8 Å². The number of hydrazone groups is 1. The van der Waals surface area contributed by atoms with Gasteiger partial charge in [-0.15, -0.1) is 0 Å². The van der Waals surface area contributed by atoms with Crippen LogP contribution in [0.5, 0.6) is 0 Å². The quantitative estimate of drug-likeness (QED) is 0.748. The number of aromatic nitrogens is 3. The van der Waals surface area contributed by atoms with E-state index in [1.54, 1.807) is 0 Å². The molecule has 1 aromatic heterocycles. The van der Waals surface area contributed by atoms with Crippen molar-refractivity contribution in [1.29, 1.82) is 0 Å². The van der Waals surface area contributed by atoms with Gasteiger partial charge in [0.25, 0.3) is 0 Å². The van der Waals surface area contributed by atoms with E-state index in [2.05, 4.69) is 51.1 Å². The van der Waals surface area contributed by atoms with Gasteiger partial charge in [-0.3, -0.25) is 0 Å². The Morgan fingerprint density at radius 2 is 1.33 bits per heavy atom. The molecule has 0 spiro atoms. The van der Waals surface area contributed by atoms with Gasteiger partial charge in [-0.25, -0.2) is 5.43 Å². The minimum absolute atomic E-state index is 0.368. The molecule has 9 nitrogen and oxygen atoms in total. The van der Waals surface area contributed by atoms with Crippen LogP contribution in [0.1, 0.15) is 46.5 Å². The molecule has 0 amide bonds. The Morgan fingerprint density at radius 1 is 0.833 bits per heavy atom. The fourth-order valence-corrected chi connectivity index (χ4v) is 4.27. The number of nitrogens with zero attached hydrogens (tertiary/aromatic N) is 6. The molecule has 0 radical (unpaired) electrons. The van der Waals surface area contributed by atoms with Crippen LogP contribution in [0, 0.1) is 11.3 Å². The molecule has 2 aliphatic heterocycles. The average Bonchev–Trinajstić information content (AvgIpc) is 2.78. The molecule has 1 aliphatic carbocycles. The monoisotopic (exact) mass is 417 g/mol. The molecule has 166 valence electrons. The number of hydrogen-bond donors (Lipinski definition) is 1. The molecule has 2 saturated heterocycles. The third kappa shape index (κ3) is 5.37. The summed E-state index contributed by atoms with van der Waals surface area (Å²) in [5, 5.41) is 4.67. The van der Waals surface area contributed by atoms with E-state index in [-0.39, 0.29) is 0 Å². The van der Waals surface area contributed by atoms with Crippen molar-refractivity contribution in [3.05, 3.63) is 0 Å². The van der Waals surface area contributed by atoms with E-state index in [1.165, 1.54) is 18.6 Å². The number of anilines is 3. The third-order valence-corrected chi connectivity index (χ3v) is 6.30. The van der Waals surface area contributed by atoms with E-state index in [0.717, 1.165) is 44.9 Å². The lowest BCUT2D eigenvalue weighted by molar-refractivity contribution is 0.121. The number of ether oxygens (including phenoxy) is 2. The largest absolute Gasteiger partial charge is 0.378 e. The lowest BCUT2D eigenvalue weighted by Crippen LogP contribution is -2.40. The first-order valence-electron chi connectivity index (χ1n) is 11.2. The maximum Gasteiger partial charge on any atom is 0.250 e. The molecular weight excluding hydrogens is 382 g/mol. The van der Waals surface area contributed by atoms with E-state index < -0.39 is 0 Å². The molecule has 3 heterocycles. The van der Waals surface area contributed by atoms with Gasteiger partial charge >= 0.3 is 0 Å². The highest BCUT2D eigenvalue weighted by Crippen LogP contribution is 2.36. The molecule has 1 aromatic rings. The zero-order valence-electron chi connectivity index (χ0n) is 18.6. The van der Waals surface area contributed by atoms with Gasteiger partial charge in [-0.05, 0) is 37.0 Å². The standard InChI is InChI=1S/C21H35N7O2/c1-21(2,3)16-4-6-17(7-5-16)25-26-18-22-19(27-8-12-29-13-9-27)24-20(23-18)28-10-14-30-15-11-28/h16H,4-15H2,1-3H3,(H,22,23,24,26). The Hall–Kier alpha value is -2.00. The lowest BCUT2D eigenvalue weighted by Gasteiger charge is -2.34. The van der Waals surface area contributed by atoms with Crippen LogP contribution in [-0.4, -0.2) is 73.3 Å². The van der Waals surface area contributed by atoms with Crippen LogP contribution in [0.2, 0.25) is 0 Å². The molecule has 4 rings (SSSR count). The molecule has 0 bridgehead atoms. The highest BCUT2D eigenvalue weighted by atomic mass is 16.5. The van der Waals surface area contributed by atoms with Crippen molar-refractivity contribution in [2.24, 2.45) is 16.4 Å². The fraction of sp³-hybridized carbons (Fsp3) is 0.810. The van der Waals surface area contributed by atoms with Gasteiger partial charge in [0.15, 0.2) is 0 Å². The lowest BCUT2D eigenvalue weighted by atomic mass is 9.72. The van der Waals surface area contributed by atoms with Gasteiger partial charge in [0.2, 0.25) is 17.8 Å². The van der Waals surface area contributed by atoms with Crippen molar-refractivity contribution in [2.75, 3.05) is 67.8 Å². The summed E-state index contributed by atoms with van der Waals surface area (Å²) >= 11 is 0. The molecular formula is C21H35N7O2. The molecule has 0 atom stereocenters. The number of hydrogen-bond acceptors (Lipinski definition) is 9. The summed E-state index contributed by atoms with van der Waals surface area (Å²) in [7, 11) is 0. The number of rotatable bonds is 4. The van der Waals surface area contributed by atoms with Crippen LogP contribution in [-0.2, 0) is 9.47 Å². The van der Waals surface area contributed by atoms with E-state index in [0.29, 0.717) is 49.7 Å². The normalized spacial score (nSPS) is 23.4. The first-order valence-corrected chi connectivity index (χ1v) is 11.2. The molecule has 30 heavy (non-hydrogen) atoms. The zero-order valence-corrected chi connectivity index (χ0v) is 18.6. The summed E-state index contributed by atoms with van der Waals surface area (Å²) in [6.45, 7) is 12.9. The Kier molecular flexibility index (Phi) is 6.67. The summed E-state index contributed by atoms with van der Waals surface area (Å²) < 4.78 is 11.0. The Labute approximate surface area is 179 Å². The molecule has 9 heteroatoms. The minimum Gasteiger partial charge on any atom is -0.378 e. The SMILES string of the molecule is CC(C)(C)C1CCC(=NNc2nc(N3CCOCC3)nc(N3CCOCC3)n2)CC1. The fourth-order valence-electron chi connectivity index (χ4n) is 4.27. The van der Waals surface area contributed by atoms with Crippen molar-refractivity contribution < 1.29 is 9.47 Å². The Morgan fingerprint density at radius 3 is 1.80 bits per heavy atom. The van der Waals surface area contributed by atoms with Crippen LogP contribution in [0.25, 0.3) is 0 Å². The van der Waals surface area contributed by atoms with Gasteiger partial charge < -0.3 is 19.3 Å². The highest BCUT2D eigenvalue weighted by molar-refractivity contribution is 5.85. The average molecular weight is 418 g/mol. The highest BCUT2D eigenvalue weighted by Gasteiger charge is 2.28. The topological polar surface area (TPSA) is 88.0 Å². The van der Waals surface area contributed by atoms with E-state index in [1.807, 2.05) is 0 Å². The second-order valence-electron chi connectivity index (χ2n) is 9.39. The van der Waals surface area contributed by atoms with Crippen molar-refractivity contribution in [2.45, 2.75) is 46.5 Å². The zero-order chi connectivity index (χ0) is 21.0. The van der Waals surface area contributed by atoms with Crippen molar-refractivity contribution in [3.8, 4) is 0 Å². The minimum atomic E-state index is 0.368. The summed E-state index contributed by atoms with van der Waals surface area (Å²) in [5.74, 6) is 2.65. The smallest absolute Gasteiger partial charge is 0.250 e. The maximum absolute atomic E-state index is 5.48. The van der Waals surface area contributed by atoms with E-state index in [4.69, 9.17) is 14.5 Å².